The van der Waals surface area contributed by atoms with Crippen molar-refractivity contribution in [2.24, 2.45) is 0 Å². The number of nitrogens with one attached hydrogen (secondary N) is 3. The zero-order chi connectivity index (χ0) is 28.4. The van der Waals surface area contributed by atoms with Crippen LogP contribution in [-0.2, 0) is 15.6 Å². The number of aryl methyl sites for hydroxylation is 2. The molecule has 0 spiro atoms. The average molecular weight is 591 g/mol. The number of pyridine rings is 1. The van der Waals surface area contributed by atoms with Gasteiger partial charge in [-0.05, 0) is 45.6 Å². The third-order valence-electron chi connectivity index (χ3n) is 8.34. The lowest BCUT2D eigenvalue weighted by atomic mass is 9.87. The Bertz CT molecular complexity index is 1710. The summed E-state index contributed by atoms with van der Waals surface area (Å²) in [6, 6.07) is 4.10. The van der Waals surface area contributed by atoms with E-state index in [1.807, 2.05) is 30.2 Å². The van der Waals surface area contributed by atoms with Crippen LogP contribution in [0.25, 0.3) is 27.5 Å². The number of nitrogens with two attached hydrogens (primary N) is 1. The molecule has 3 aliphatic heterocycles. The van der Waals surface area contributed by atoms with Crippen molar-refractivity contribution in [2.45, 2.75) is 62.4 Å². The summed E-state index contributed by atoms with van der Waals surface area (Å²) in [4.78, 5) is 31.3. The SMILES string of the molecule is Cc1nc(-c2ccc(-c3cnn4c(N)c(S(C)=O)c(C5CC6CC[C@H](C5)N6C(=O)C5=CNNN5)nc34)cn2)sc1C. The summed E-state index contributed by atoms with van der Waals surface area (Å²) < 4.78 is 14.6. The second-order valence-electron chi connectivity index (χ2n) is 10.8. The smallest absolute Gasteiger partial charge is 0.273 e. The fourth-order valence-electron chi connectivity index (χ4n) is 6.29. The fourth-order valence-corrected chi connectivity index (χ4v) is 8.07. The molecule has 41 heavy (non-hydrogen) atoms. The average Bonchev–Trinajstić information content (AvgIpc) is 3.75. The van der Waals surface area contributed by atoms with Gasteiger partial charge in [0.05, 0.1) is 34.1 Å². The molecule has 0 aliphatic carbocycles. The number of nitrogens with zero attached hydrogens (tertiary/aromatic N) is 6. The molecule has 2 fully saturated rings. The highest BCUT2D eigenvalue weighted by atomic mass is 32.2. The normalized spacial score (nSPS) is 22.5. The second kappa shape index (κ2) is 9.89. The van der Waals surface area contributed by atoms with Gasteiger partial charge in [0.25, 0.3) is 5.91 Å². The number of thiazole rings is 1. The molecule has 12 nitrogen and oxygen atoms in total. The van der Waals surface area contributed by atoms with Crippen molar-refractivity contribution in [3.05, 3.63) is 52.7 Å². The molecule has 0 radical (unpaired) electrons. The van der Waals surface area contributed by atoms with E-state index in [0.717, 1.165) is 58.9 Å². The first-order chi connectivity index (χ1) is 19.8. The van der Waals surface area contributed by atoms with Crippen LogP contribution in [0.4, 0.5) is 5.82 Å². The summed E-state index contributed by atoms with van der Waals surface area (Å²) >= 11 is 1.63. The molecule has 0 aromatic carbocycles. The maximum atomic E-state index is 13.2. The quantitative estimate of drug-likeness (QED) is 0.272. The molecule has 4 aromatic rings. The van der Waals surface area contributed by atoms with Crippen LogP contribution in [0.3, 0.4) is 0 Å². The number of hydrogen-bond acceptors (Lipinski definition) is 11. The largest absolute Gasteiger partial charge is 0.383 e. The standard InChI is InChI=1S/C27H30N10O2S2/c1-13-14(2)40-26(32-13)20-7-4-15(10-29-20)19-11-31-37-24(28)23(41(3)39)22(33-25(19)37)16-8-17-5-6-18(9-16)36(17)27(38)21-12-30-35-34-21/h4,7,10-12,16-18,30,34-35H,5-6,8-9,28H2,1-3H3/t16?,17-,18?,41?/m1/s1. The Morgan fingerprint density at radius 3 is 2.54 bits per heavy atom. The molecular weight excluding hydrogens is 560 g/mol. The summed E-state index contributed by atoms with van der Waals surface area (Å²) in [5, 5.41) is 5.41. The van der Waals surface area contributed by atoms with Gasteiger partial charge in [0.15, 0.2) is 5.65 Å². The lowest BCUT2D eigenvalue weighted by Gasteiger charge is -2.39. The van der Waals surface area contributed by atoms with Gasteiger partial charge >= 0.3 is 0 Å². The third-order valence-corrected chi connectivity index (χ3v) is 10.4. The van der Waals surface area contributed by atoms with Crippen molar-refractivity contribution in [1.29, 1.82) is 0 Å². The summed E-state index contributed by atoms with van der Waals surface area (Å²) in [7, 11) is -1.37. The highest BCUT2D eigenvalue weighted by Gasteiger charge is 2.46. The maximum absolute atomic E-state index is 13.2. The number of carbonyl (C=O) groups is 1. The first kappa shape index (κ1) is 26.0. The van der Waals surface area contributed by atoms with Gasteiger partial charge < -0.3 is 16.1 Å². The van der Waals surface area contributed by atoms with Crippen molar-refractivity contribution < 1.29 is 9.00 Å². The molecule has 2 saturated heterocycles. The predicted octanol–water partition coefficient (Wildman–Crippen LogP) is 2.54. The number of rotatable bonds is 5. The van der Waals surface area contributed by atoms with Gasteiger partial charge in [-0.1, -0.05) is 6.07 Å². The summed E-state index contributed by atoms with van der Waals surface area (Å²) in [6.45, 7) is 4.06. The topological polar surface area (TPSA) is 155 Å². The molecular formula is C27H30N10O2S2. The van der Waals surface area contributed by atoms with Gasteiger partial charge in [-0.2, -0.15) is 15.1 Å². The van der Waals surface area contributed by atoms with Gasteiger partial charge in [0.1, 0.15) is 21.4 Å². The molecule has 4 atom stereocenters. The molecule has 1 amide bonds. The first-order valence-corrected chi connectivity index (χ1v) is 15.9. The Morgan fingerprint density at radius 1 is 1.15 bits per heavy atom. The van der Waals surface area contributed by atoms with Gasteiger partial charge in [0, 0.05) is 52.7 Å². The molecule has 2 bridgehead atoms. The van der Waals surface area contributed by atoms with Gasteiger partial charge in [-0.15, -0.1) is 11.3 Å². The monoisotopic (exact) mass is 590 g/mol. The maximum Gasteiger partial charge on any atom is 0.273 e. The van der Waals surface area contributed by atoms with Crippen molar-refractivity contribution >= 4 is 39.5 Å². The molecule has 3 aliphatic rings. The molecule has 14 heteroatoms. The number of hydrazine groups is 2. The Hall–Kier alpha value is -3.88. The molecule has 5 N–H and O–H groups in total. The van der Waals surface area contributed by atoms with E-state index in [0.29, 0.717) is 22.1 Å². The number of anilines is 1. The highest BCUT2D eigenvalue weighted by Crippen LogP contribution is 2.45. The Balaban J connectivity index is 1.25. The van der Waals surface area contributed by atoms with Gasteiger partial charge in [-0.25, -0.2) is 9.97 Å². The molecule has 4 aromatic heterocycles. The minimum Gasteiger partial charge on any atom is -0.383 e. The summed E-state index contributed by atoms with van der Waals surface area (Å²) in [5.74, 6) is 0.329. The van der Waals surface area contributed by atoms with Crippen molar-refractivity contribution in [3.8, 4) is 21.8 Å². The van der Waals surface area contributed by atoms with E-state index in [2.05, 4.69) is 38.4 Å². The number of aromatic nitrogens is 5. The van der Waals surface area contributed by atoms with Crippen LogP contribution in [0.1, 0.15) is 47.9 Å². The van der Waals surface area contributed by atoms with Crippen LogP contribution in [0, 0.1) is 13.8 Å². The molecule has 7 rings (SSSR count). The number of amides is 1. The van der Waals surface area contributed by atoms with E-state index in [1.54, 1.807) is 34.5 Å². The second-order valence-corrected chi connectivity index (χ2v) is 13.3. The van der Waals surface area contributed by atoms with E-state index >= 15 is 0 Å². The fraction of sp³-hybridized carbons (Fsp3) is 0.370. The Morgan fingerprint density at radius 2 is 1.93 bits per heavy atom. The number of carbonyl (C=O) groups excluding carboxylic acids is 1. The van der Waals surface area contributed by atoms with Crippen molar-refractivity contribution in [2.75, 3.05) is 12.0 Å². The first-order valence-electron chi connectivity index (χ1n) is 13.5. The number of fused-ring (bicyclic) bond motifs is 3. The predicted molar refractivity (Wildman–Crippen MR) is 157 cm³/mol. The van der Waals surface area contributed by atoms with E-state index in [4.69, 9.17) is 10.7 Å². The number of piperidine rings is 1. The number of nitrogen functional groups attached to an aromatic ring is 1. The van der Waals surface area contributed by atoms with Crippen molar-refractivity contribution in [3.63, 3.8) is 0 Å². The zero-order valence-electron chi connectivity index (χ0n) is 22.8. The minimum atomic E-state index is -1.37. The van der Waals surface area contributed by atoms with Gasteiger partial charge in [0.2, 0.25) is 0 Å². The van der Waals surface area contributed by atoms with Crippen LogP contribution in [0.5, 0.6) is 0 Å². The highest BCUT2D eigenvalue weighted by molar-refractivity contribution is 7.84. The van der Waals surface area contributed by atoms with E-state index in [-0.39, 0.29) is 23.9 Å². The molecule has 212 valence electrons. The van der Waals surface area contributed by atoms with Crippen molar-refractivity contribution in [1.82, 2.24) is 45.9 Å². The van der Waals surface area contributed by atoms with Crippen LogP contribution in [-0.4, -0.2) is 57.9 Å². The van der Waals surface area contributed by atoms with E-state index < -0.39 is 10.8 Å². The molecule has 0 saturated carbocycles. The lowest BCUT2D eigenvalue weighted by molar-refractivity contribution is -0.132. The van der Waals surface area contributed by atoms with Crippen LogP contribution >= 0.6 is 11.3 Å². The Kier molecular flexibility index (Phi) is 6.28. The van der Waals surface area contributed by atoms with Gasteiger partial charge in [-0.3, -0.25) is 19.4 Å². The lowest BCUT2D eigenvalue weighted by Crippen LogP contribution is -2.48. The zero-order valence-corrected chi connectivity index (χ0v) is 24.5. The van der Waals surface area contributed by atoms with Crippen LogP contribution in [0.2, 0.25) is 0 Å². The molecule has 3 unspecified atom stereocenters. The van der Waals surface area contributed by atoms with E-state index in [1.165, 1.54) is 4.88 Å². The summed E-state index contributed by atoms with van der Waals surface area (Å²) in [6.07, 6.45) is 10.1. The summed E-state index contributed by atoms with van der Waals surface area (Å²) in [5.41, 5.74) is 20.4. The minimum absolute atomic E-state index is 0.0177. The van der Waals surface area contributed by atoms with Crippen LogP contribution < -0.4 is 22.1 Å². The Labute approximate surface area is 242 Å². The number of hydrogen-bond donors (Lipinski definition) is 4. The third kappa shape index (κ3) is 4.28. The van der Waals surface area contributed by atoms with Crippen LogP contribution in [0.15, 0.2) is 41.3 Å². The molecule has 7 heterocycles. The van der Waals surface area contributed by atoms with E-state index in [9.17, 15) is 9.00 Å².